The van der Waals surface area contributed by atoms with Gasteiger partial charge in [0.2, 0.25) is 0 Å². The molecule has 1 unspecified atom stereocenters. The Morgan fingerprint density at radius 2 is 2.00 bits per heavy atom. The maximum Gasteiger partial charge on any atom is 0.253 e. The van der Waals surface area contributed by atoms with Crippen LogP contribution in [-0.2, 0) is 22.6 Å². The lowest BCUT2D eigenvalue weighted by Gasteiger charge is -2.15. The minimum absolute atomic E-state index is 0. The van der Waals surface area contributed by atoms with E-state index in [0.29, 0.717) is 25.7 Å². The minimum Gasteiger partial charge on any atom is -0.496 e. The molecular formula is C23H31IN4O3. The number of aryl methyl sites for hydroxylation is 1. The Balaban J connectivity index is 0.00000341. The van der Waals surface area contributed by atoms with Crippen molar-refractivity contribution in [1.29, 1.82) is 0 Å². The first-order valence-electron chi connectivity index (χ1n) is 10.2. The molecule has 0 aromatic heterocycles. The summed E-state index contributed by atoms with van der Waals surface area (Å²) in [6, 6.07) is 13.9. The van der Waals surface area contributed by atoms with Crippen molar-refractivity contribution in [1.82, 2.24) is 10.6 Å². The Kier molecular flexibility index (Phi) is 10.1. The molecule has 1 aliphatic heterocycles. The third kappa shape index (κ3) is 7.39. The van der Waals surface area contributed by atoms with Crippen molar-refractivity contribution in [3.05, 3.63) is 59.2 Å². The smallest absolute Gasteiger partial charge is 0.253 e. The van der Waals surface area contributed by atoms with Crippen molar-refractivity contribution < 1.29 is 14.3 Å². The first-order chi connectivity index (χ1) is 14.6. The first-order valence-corrected chi connectivity index (χ1v) is 10.2. The number of nitrogens with one attached hydrogen (secondary N) is 3. The molecule has 1 heterocycles. The first kappa shape index (κ1) is 24.9. The molecule has 0 spiro atoms. The summed E-state index contributed by atoms with van der Waals surface area (Å²) in [5.74, 6) is 1.46. The Bertz CT molecular complexity index is 898. The molecule has 3 rings (SSSR count). The predicted molar refractivity (Wildman–Crippen MR) is 134 cm³/mol. The second-order valence-electron chi connectivity index (χ2n) is 7.29. The highest BCUT2D eigenvalue weighted by Crippen LogP contribution is 2.19. The van der Waals surface area contributed by atoms with E-state index < -0.39 is 0 Å². The number of anilines is 1. The SMILES string of the molecule is CN=C(NCc1cccc(NC(=O)C2CCCO2)c1)NCc1ccc(C)cc1OC.I. The number of methoxy groups -OCH3 is 1. The number of hydrogen-bond acceptors (Lipinski definition) is 4. The van der Waals surface area contributed by atoms with Crippen LogP contribution >= 0.6 is 24.0 Å². The molecule has 0 aliphatic carbocycles. The standard InChI is InChI=1S/C23H30N4O3.HI/c1-16-9-10-18(21(12-16)29-3)15-26-23(24-2)25-14-17-6-4-7-19(13-17)27-22(28)20-8-5-11-30-20;/h4,6-7,9-10,12-13,20H,5,8,11,14-15H2,1-3H3,(H,27,28)(H2,24,25,26);1H. The highest BCUT2D eigenvalue weighted by atomic mass is 127. The van der Waals surface area contributed by atoms with Gasteiger partial charge in [0.05, 0.1) is 7.11 Å². The number of amides is 1. The van der Waals surface area contributed by atoms with E-state index in [1.807, 2.05) is 37.3 Å². The Morgan fingerprint density at radius 1 is 1.19 bits per heavy atom. The van der Waals surface area contributed by atoms with Crippen molar-refractivity contribution in [2.75, 3.05) is 26.1 Å². The summed E-state index contributed by atoms with van der Waals surface area (Å²) in [6.45, 7) is 3.87. The van der Waals surface area contributed by atoms with E-state index in [9.17, 15) is 4.79 Å². The van der Waals surface area contributed by atoms with E-state index in [1.165, 1.54) is 0 Å². The monoisotopic (exact) mass is 538 g/mol. The Labute approximate surface area is 201 Å². The molecule has 3 N–H and O–H groups in total. The number of benzene rings is 2. The van der Waals surface area contributed by atoms with E-state index >= 15 is 0 Å². The number of guanidine groups is 1. The molecule has 168 valence electrons. The number of nitrogens with zero attached hydrogens (tertiary/aromatic N) is 1. The van der Waals surface area contributed by atoms with Gasteiger partial charge in [-0.3, -0.25) is 9.79 Å². The molecule has 8 heteroatoms. The van der Waals surface area contributed by atoms with Crippen molar-refractivity contribution in [3.8, 4) is 5.75 Å². The highest BCUT2D eigenvalue weighted by Gasteiger charge is 2.23. The number of carbonyl (C=O) groups excluding carboxylic acids is 1. The molecule has 0 radical (unpaired) electrons. The van der Waals surface area contributed by atoms with Gasteiger partial charge in [0, 0.05) is 38.0 Å². The van der Waals surface area contributed by atoms with Gasteiger partial charge in [-0.05, 0) is 49.1 Å². The van der Waals surface area contributed by atoms with Crippen LogP contribution in [0.5, 0.6) is 5.75 Å². The maximum absolute atomic E-state index is 12.2. The van der Waals surface area contributed by atoms with Crippen molar-refractivity contribution in [2.24, 2.45) is 4.99 Å². The van der Waals surface area contributed by atoms with E-state index in [0.717, 1.165) is 41.0 Å². The topological polar surface area (TPSA) is 84.0 Å². The van der Waals surface area contributed by atoms with E-state index in [2.05, 4.69) is 33.1 Å². The molecule has 1 atom stereocenters. The summed E-state index contributed by atoms with van der Waals surface area (Å²) in [7, 11) is 3.41. The van der Waals surface area contributed by atoms with Crippen LogP contribution in [0.1, 0.15) is 29.5 Å². The fraction of sp³-hybridized carbons (Fsp3) is 0.391. The molecule has 2 aromatic rings. The molecule has 1 amide bonds. The van der Waals surface area contributed by atoms with Crippen molar-refractivity contribution in [2.45, 2.75) is 39.0 Å². The lowest BCUT2D eigenvalue weighted by molar-refractivity contribution is -0.124. The summed E-state index contributed by atoms with van der Waals surface area (Å²) in [5.41, 5.74) is 4.02. The van der Waals surface area contributed by atoms with Gasteiger partial charge in [0.15, 0.2) is 5.96 Å². The Hall–Kier alpha value is -2.33. The lowest BCUT2D eigenvalue weighted by atomic mass is 10.1. The predicted octanol–water partition coefficient (Wildman–Crippen LogP) is 3.60. The zero-order valence-electron chi connectivity index (χ0n) is 18.2. The van der Waals surface area contributed by atoms with Gasteiger partial charge in [-0.15, -0.1) is 24.0 Å². The van der Waals surface area contributed by atoms with Crippen molar-refractivity contribution >= 4 is 41.5 Å². The van der Waals surface area contributed by atoms with Crippen molar-refractivity contribution in [3.63, 3.8) is 0 Å². The van der Waals surface area contributed by atoms with Crippen LogP contribution in [0.4, 0.5) is 5.69 Å². The van der Waals surface area contributed by atoms with Crippen LogP contribution < -0.4 is 20.7 Å². The number of hydrogen-bond donors (Lipinski definition) is 3. The summed E-state index contributed by atoms with van der Waals surface area (Å²) >= 11 is 0. The lowest BCUT2D eigenvalue weighted by Crippen LogP contribution is -2.36. The molecule has 0 bridgehead atoms. The molecule has 1 saturated heterocycles. The number of aliphatic imine (C=N–C) groups is 1. The van der Waals surface area contributed by atoms with E-state index in [4.69, 9.17) is 9.47 Å². The molecule has 7 nitrogen and oxygen atoms in total. The number of ether oxygens (including phenoxy) is 2. The van der Waals surface area contributed by atoms with Crippen LogP contribution in [-0.4, -0.2) is 38.7 Å². The van der Waals surface area contributed by atoms with Gasteiger partial charge < -0.3 is 25.4 Å². The van der Waals surface area contributed by atoms with Gasteiger partial charge in [-0.2, -0.15) is 0 Å². The van der Waals surface area contributed by atoms with Gasteiger partial charge in [-0.1, -0.05) is 24.3 Å². The summed E-state index contributed by atoms with van der Waals surface area (Å²) in [5, 5.41) is 9.55. The maximum atomic E-state index is 12.2. The summed E-state index contributed by atoms with van der Waals surface area (Å²) in [6.07, 6.45) is 1.37. The van der Waals surface area contributed by atoms with Gasteiger partial charge in [0.25, 0.3) is 5.91 Å². The van der Waals surface area contributed by atoms with E-state index in [1.54, 1.807) is 14.2 Å². The highest BCUT2D eigenvalue weighted by molar-refractivity contribution is 14.0. The zero-order chi connectivity index (χ0) is 21.3. The van der Waals surface area contributed by atoms with Crippen LogP contribution in [0.15, 0.2) is 47.5 Å². The fourth-order valence-electron chi connectivity index (χ4n) is 3.35. The number of halogens is 1. The fourth-order valence-corrected chi connectivity index (χ4v) is 3.35. The molecular weight excluding hydrogens is 507 g/mol. The summed E-state index contributed by atoms with van der Waals surface area (Å²) < 4.78 is 10.9. The molecule has 1 aliphatic rings. The molecule has 31 heavy (non-hydrogen) atoms. The van der Waals surface area contributed by atoms with Crippen LogP contribution in [0.25, 0.3) is 0 Å². The quantitative estimate of drug-likeness (QED) is 0.285. The normalized spacial score (nSPS) is 15.7. The second kappa shape index (κ2) is 12.5. The molecule has 0 saturated carbocycles. The van der Waals surface area contributed by atoms with Gasteiger partial charge >= 0.3 is 0 Å². The second-order valence-corrected chi connectivity index (χ2v) is 7.29. The third-order valence-electron chi connectivity index (χ3n) is 4.99. The zero-order valence-corrected chi connectivity index (χ0v) is 20.6. The average molecular weight is 538 g/mol. The van der Waals surface area contributed by atoms with E-state index in [-0.39, 0.29) is 36.0 Å². The average Bonchev–Trinajstić information content (AvgIpc) is 3.30. The largest absolute Gasteiger partial charge is 0.496 e. The van der Waals surface area contributed by atoms with Crippen LogP contribution in [0.3, 0.4) is 0 Å². The van der Waals surface area contributed by atoms with Gasteiger partial charge in [-0.25, -0.2) is 0 Å². The number of carbonyl (C=O) groups is 1. The number of rotatable bonds is 7. The molecule has 2 aromatic carbocycles. The Morgan fingerprint density at radius 3 is 2.71 bits per heavy atom. The summed E-state index contributed by atoms with van der Waals surface area (Å²) in [4.78, 5) is 16.5. The molecule has 1 fully saturated rings. The van der Waals surface area contributed by atoms with Crippen LogP contribution in [0, 0.1) is 6.92 Å². The van der Waals surface area contributed by atoms with Gasteiger partial charge in [0.1, 0.15) is 11.9 Å². The minimum atomic E-state index is -0.339. The third-order valence-corrected chi connectivity index (χ3v) is 4.99. The van der Waals surface area contributed by atoms with Crippen LogP contribution in [0.2, 0.25) is 0 Å².